The second-order valence-electron chi connectivity index (χ2n) is 6.45. The van der Waals surface area contributed by atoms with Crippen molar-refractivity contribution in [2.24, 2.45) is 23.5 Å². The molecule has 2 N–H and O–H groups in total. The maximum Gasteiger partial charge on any atom is 0.0331 e. The van der Waals surface area contributed by atoms with Gasteiger partial charge in [0.05, 0.1) is 0 Å². The van der Waals surface area contributed by atoms with Crippen molar-refractivity contribution in [3.05, 3.63) is 0 Å². The van der Waals surface area contributed by atoms with Crippen LogP contribution in [0.4, 0.5) is 0 Å². The van der Waals surface area contributed by atoms with Gasteiger partial charge in [-0.25, -0.2) is 0 Å². The largest absolute Gasteiger partial charge is 0.329 e. The molecule has 2 rings (SSSR count). The Morgan fingerprint density at radius 1 is 1.19 bits per heavy atom. The molecule has 0 saturated heterocycles. The van der Waals surface area contributed by atoms with Crippen LogP contribution < -0.4 is 5.73 Å². The summed E-state index contributed by atoms with van der Waals surface area (Å²) in [5, 5.41) is 0. The van der Waals surface area contributed by atoms with E-state index < -0.39 is 0 Å². The van der Waals surface area contributed by atoms with Crippen molar-refractivity contribution in [2.75, 3.05) is 20.1 Å². The summed E-state index contributed by atoms with van der Waals surface area (Å²) in [6, 6.07) is 0. The minimum absolute atomic E-state index is 0.314. The molecule has 0 amide bonds. The zero-order valence-corrected chi connectivity index (χ0v) is 11.2. The number of rotatable bonds is 4. The highest BCUT2D eigenvalue weighted by molar-refractivity contribution is 4.97. The molecule has 3 unspecified atom stereocenters. The van der Waals surface area contributed by atoms with Crippen molar-refractivity contribution in [1.82, 2.24) is 4.90 Å². The SMILES string of the molecule is CC1CCC(CN)(N(C)CC2CC2)CC1C. The number of hydrogen-bond acceptors (Lipinski definition) is 2. The fourth-order valence-electron chi connectivity index (χ4n) is 3.25. The average molecular weight is 224 g/mol. The molecule has 2 nitrogen and oxygen atoms in total. The van der Waals surface area contributed by atoms with Crippen LogP contribution in [0.15, 0.2) is 0 Å². The third-order valence-corrected chi connectivity index (χ3v) is 5.16. The highest BCUT2D eigenvalue weighted by atomic mass is 15.2. The van der Waals surface area contributed by atoms with Crippen molar-refractivity contribution >= 4 is 0 Å². The molecule has 0 aromatic rings. The molecule has 16 heavy (non-hydrogen) atoms. The lowest BCUT2D eigenvalue weighted by Gasteiger charge is -2.48. The lowest BCUT2D eigenvalue weighted by Crippen LogP contribution is -2.56. The first-order chi connectivity index (χ1) is 7.57. The van der Waals surface area contributed by atoms with Crippen molar-refractivity contribution in [3.63, 3.8) is 0 Å². The van der Waals surface area contributed by atoms with Crippen molar-refractivity contribution in [3.8, 4) is 0 Å². The summed E-state index contributed by atoms with van der Waals surface area (Å²) in [5.74, 6) is 2.69. The lowest BCUT2D eigenvalue weighted by molar-refractivity contribution is 0.0373. The van der Waals surface area contributed by atoms with Gasteiger partial charge in [-0.3, -0.25) is 4.90 Å². The van der Waals surface area contributed by atoms with Crippen LogP contribution in [0.25, 0.3) is 0 Å². The molecule has 0 spiro atoms. The van der Waals surface area contributed by atoms with E-state index in [0.29, 0.717) is 5.54 Å². The zero-order valence-electron chi connectivity index (χ0n) is 11.2. The van der Waals surface area contributed by atoms with Gasteiger partial charge in [0.15, 0.2) is 0 Å². The fraction of sp³-hybridized carbons (Fsp3) is 1.00. The molecule has 0 radical (unpaired) electrons. The van der Waals surface area contributed by atoms with Gasteiger partial charge in [-0.05, 0) is 56.9 Å². The van der Waals surface area contributed by atoms with Gasteiger partial charge < -0.3 is 5.73 Å². The Hall–Kier alpha value is -0.0800. The van der Waals surface area contributed by atoms with Crippen LogP contribution in [-0.2, 0) is 0 Å². The molecule has 0 aromatic heterocycles. The summed E-state index contributed by atoms with van der Waals surface area (Å²) in [4.78, 5) is 2.59. The topological polar surface area (TPSA) is 29.3 Å². The Morgan fingerprint density at radius 2 is 1.88 bits per heavy atom. The molecule has 2 aliphatic rings. The normalized spacial score (nSPS) is 40.3. The summed E-state index contributed by atoms with van der Waals surface area (Å²) < 4.78 is 0. The Morgan fingerprint density at radius 3 is 2.38 bits per heavy atom. The molecule has 2 fully saturated rings. The van der Waals surface area contributed by atoms with Gasteiger partial charge in [-0.2, -0.15) is 0 Å². The molecule has 2 heteroatoms. The van der Waals surface area contributed by atoms with Gasteiger partial charge in [0.25, 0.3) is 0 Å². The monoisotopic (exact) mass is 224 g/mol. The van der Waals surface area contributed by atoms with Crippen molar-refractivity contribution < 1.29 is 0 Å². The van der Waals surface area contributed by atoms with E-state index in [-0.39, 0.29) is 0 Å². The Kier molecular flexibility index (Phi) is 3.60. The molecule has 94 valence electrons. The smallest absolute Gasteiger partial charge is 0.0331 e. The van der Waals surface area contributed by atoms with E-state index in [9.17, 15) is 0 Å². The van der Waals surface area contributed by atoms with Gasteiger partial charge in [0, 0.05) is 18.6 Å². The average Bonchev–Trinajstić information content (AvgIpc) is 3.06. The lowest BCUT2D eigenvalue weighted by atomic mass is 9.70. The number of hydrogen-bond donors (Lipinski definition) is 1. The van der Waals surface area contributed by atoms with Gasteiger partial charge in [0.1, 0.15) is 0 Å². The molecular weight excluding hydrogens is 196 g/mol. The minimum atomic E-state index is 0.314. The van der Waals surface area contributed by atoms with Gasteiger partial charge in [-0.15, -0.1) is 0 Å². The summed E-state index contributed by atoms with van der Waals surface area (Å²) in [5.41, 5.74) is 6.42. The van der Waals surface area contributed by atoms with E-state index in [1.54, 1.807) is 0 Å². The predicted octanol–water partition coefficient (Wildman–Crippen LogP) is 2.48. The summed E-state index contributed by atoms with van der Waals surface area (Å²) in [6.07, 6.45) is 6.84. The predicted molar refractivity (Wildman–Crippen MR) is 69.3 cm³/mol. The fourth-order valence-corrected chi connectivity index (χ4v) is 3.25. The van der Waals surface area contributed by atoms with E-state index >= 15 is 0 Å². The van der Waals surface area contributed by atoms with Crippen LogP contribution in [0.5, 0.6) is 0 Å². The van der Waals surface area contributed by atoms with Crippen LogP contribution >= 0.6 is 0 Å². The molecular formula is C14H28N2. The molecule has 2 aliphatic carbocycles. The van der Waals surface area contributed by atoms with Gasteiger partial charge >= 0.3 is 0 Å². The van der Waals surface area contributed by atoms with E-state index in [4.69, 9.17) is 5.73 Å². The maximum atomic E-state index is 6.10. The Balaban J connectivity index is 1.99. The third-order valence-electron chi connectivity index (χ3n) is 5.16. The van der Waals surface area contributed by atoms with E-state index in [2.05, 4.69) is 25.8 Å². The first-order valence-corrected chi connectivity index (χ1v) is 6.99. The Bertz CT molecular complexity index is 237. The second kappa shape index (κ2) is 4.66. The van der Waals surface area contributed by atoms with E-state index in [0.717, 1.165) is 24.3 Å². The van der Waals surface area contributed by atoms with Crippen molar-refractivity contribution in [1.29, 1.82) is 0 Å². The number of likely N-dealkylation sites (N-methyl/N-ethyl adjacent to an activating group) is 1. The summed E-state index contributed by atoms with van der Waals surface area (Å²) in [7, 11) is 2.30. The van der Waals surface area contributed by atoms with E-state index in [1.165, 1.54) is 38.6 Å². The van der Waals surface area contributed by atoms with Crippen molar-refractivity contribution in [2.45, 2.75) is 51.5 Å². The minimum Gasteiger partial charge on any atom is -0.329 e. The molecule has 0 bridgehead atoms. The maximum absolute atomic E-state index is 6.10. The van der Waals surface area contributed by atoms with Crippen LogP contribution in [0.3, 0.4) is 0 Å². The molecule has 0 aromatic carbocycles. The van der Waals surface area contributed by atoms with Crippen LogP contribution in [0.2, 0.25) is 0 Å². The van der Waals surface area contributed by atoms with E-state index in [1.807, 2.05) is 0 Å². The van der Waals surface area contributed by atoms with Gasteiger partial charge in [0.2, 0.25) is 0 Å². The van der Waals surface area contributed by atoms with Crippen LogP contribution in [-0.4, -0.2) is 30.6 Å². The summed E-state index contributed by atoms with van der Waals surface area (Å²) >= 11 is 0. The molecule has 2 saturated carbocycles. The van der Waals surface area contributed by atoms with Crippen LogP contribution in [0, 0.1) is 17.8 Å². The number of nitrogens with zero attached hydrogens (tertiary/aromatic N) is 1. The van der Waals surface area contributed by atoms with Crippen LogP contribution in [0.1, 0.15) is 46.0 Å². The zero-order chi connectivity index (χ0) is 11.8. The molecule has 0 heterocycles. The summed E-state index contributed by atoms with van der Waals surface area (Å²) in [6.45, 7) is 6.91. The first kappa shape index (κ1) is 12.4. The first-order valence-electron chi connectivity index (χ1n) is 6.99. The number of nitrogens with two attached hydrogens (primary N) is 1. The highest BCUT2D eigenvalue weighted by Gasteiger charge is 2.41. The molecule has 0 aliphatic heterocycles. The Labute approximate surface area is 101 Å². The second-order valence-corrected chi connectivity index (χ2v) is 6.45. The third kappa shape index (κ3) is 2.43. The molecule has 3 atom stereocenters. The standard InChI is InChI=1S/C14H28N2/c1-11-6-7-14(10-15,8-12(11)2)16(3)9-13-4-5-13/h11-13H,4-10,15H2,1-3H3. The highest BCUT2D eigenvalue weighted by Crippen LogP contribution is 2.40. The van der Waals surface area contributed by atoms with Gasteiger partial charge in [-0.1, -0.05) is 13.8 Å². The quantitative estimate of drug-likeness (QED) is 0.795.